The standard InChI is InChI=1S/C16H18N4O3S/c1-10-11(2)24-16(17-10)18-15(21)12-5-6-13(14(9-12)20(22)23)19-7-3-4-8-19/h5-6,9H,3-4,7-8H2,1-2H3,(H,17,18,21). The van der Waals surface area contributed by atoms with E-state index in [1.54, 1.807) is 12.1 Å². The van der Waals surface area contributed by atoms with Gasteiger partial charge in [-0.1, -0.05) is 0 Å². The van der Waals surface area contributed by atoms with E-state index in [0.717, 1.165) is 36.5 Å². The molecule has 126 valence electrons. The second-order valence-electron chi connectivity index (χ2n) is 5.77. The Hall–Kier alpha value is -2.48. The van der Waals surface area contributed by atoms with Crippen LogP contribution < -0.4 is 10.2 Å². The predicted molar refractivity (Wildman–Crippen MR) is 94.1 cm³/mol. The van der Waals surface area contributed by atoms with Crippen LogP contribution in [0.5, 0.6) is 0 Å². The van der Waals surface area contributed by atoms with Crippen LogP contribution in [0, 0.1) is 24.0 Å². The number of aromatic nitrogens is 1. The predicted octanol–water partition coefficient (Wildman–Crippen LogP) is 3.52. The van der Waals surface area contributed by atoms with Gasteiger partial charge in [0.2, 0.25) is 0 Å². The van der Waals surface area contributed by atoms with Gasteiger partial charge in [0.1, 0.15) is 5.69 Å². The van der Waals surface area contributed by atoms with E-state index in [4.69, 9.17) is 0 Å². The minimum absolute atomic E-state index is 0.0314. The molecule has 1 saturated heterocycles. The largest absolute Gasteiger partial charge is 0.366 e. The summed E-state index contributed by atoms with van der Waals surface area (Å²) in [6.07, 6.45) is 2.06. The topological polar surface area (TPSA) is 88.4 Å². The van der Waals surface area contributed by atoms with Crippen LogP contribution in [0.1, 0.15) is 33.8 Å². The molecule has 2 heterocycles. The molecule has 0 saturated carbocycles. The molecule has 3 rings (SSSR count). The zero-order chi connectivity index (χ0) is 17.3. The third-order valence-corrected chi connectivity index (χ3v) is 5.12. The fraction of sp³-hybridized carbons (Fsp3) is 0.375. The van der Waals surface area contributed by atoms with E-state index in [9.17, 15) is 14.9 Å². The van der Waals surface area contributed by atoms with E-state index < -0.39 is 4.92 Å². The van der Waals surface area contributed by atoms with Crippen molar-refractivity contribution in [3.8, 4) is 0 Å². The van der Waals surface area contributed by atoms with E-state index in [0.29, 0.717) is 10.8 Å². The SMILES string of the molecule is Cc1nc(NC(=O)c2ccc(N3CCCC3)c([N+](=O)[O-])c2)sc1C. The number of anilines is 2. The lowest BCUT2D eigenvalue weighted by atomic mass is 10.1. The summed E-state index contributed by atoms with van der Waals surface area (Å²) in [5, 5.41) is 14.6. The van der Waals surface area contributed by atoms with Crippen molar-refractivity contribution >= 4 is 33.8 Å². The molecule has 0 atom stereocenters. The highest BCUT2D eigenvalue weighted by Gasteiger charge is 2.24. The van der Waals surface area contributed by atoms with Crippen molar-refractivity contribution in [2.45, 2.75) is 26.7 Å². The van der Waals surface area contributed by atoms with Gasteiger partial charge in [0, 0.05) is 29.6 Å². The molecule has 0 bridgehead atoms. The van der Waals surface area contributed by atoms with Gasteiger partial charge < -0.3 is 4.90 Å². The Morgan fingerprint density at radius 2 is 2.04 bits per heavy atom. The molecule has 1 amide bonds. The average Bonchev–Trinajstić information content (AvgIpc) is 3.17. The molecule has 1 fully saturated rings. The molecule has 1 aromatic heterocycles. The van der Waals surface area contributed by atoms with Gasteiger partial charge in [0.15, 0.2) is 5.13 Å². The Labute approximate surface area is 143 Å². The highest BCUT2D eigenvalue weighted by Crippen LogP contribution is 2.32. The van der Waals surface area contributed by atoms with E-state index in [1.807, 2.05) is 18.7 Å². The second-order valence-corrected chi connectivity index (χ2v) is 6.97. The summed E-state index contributed by atoms with van der Waals surface area (Å²) < 4.78 is 0. The summed E-state index contributed by atoms with van der Waals surface area (Å²) in [6, 6.07) is 4.64. The van der Waals surface area contributed by atoms with Gasteiger partial charge >= 0.3 is 0 Å². The first-order chi connectivity index (χ1) is 11.5. The van der Waals surface area contributed by atoms with Gasteiger partial charge in [-0.2, -0.15) is 0 Å². The molecular formula is C16H18N4O3S. The highest BCUT2D eigenvalue weighted by molar-refractivity contribution is 7.15. The van der Waals surface area contributed by atoms with Crippen molar-refractivity contribution in [1.29, 1.82) is 0 Å². The van der Waals surface area contributed by atoms with Crippen LogP contribution in [-0.2, 0) is 0 Å². The summed E-state index contributed by atoms with van der Waals surface area (Å²) in [4.78, 5) is 30.6. The van der Waals surface area contributed by atoms with E-state index in [2.05, 4.69) is 10.3 Å². The summed E-state index contributed by atoms with van der Waals surface area (Å²) in [5.74, 6) is -0.389. The number of hydrogen-bond donors (Lipinski definition) is 1. The monoisotopic (exact) mass is 346 g/mol. The van der Waals surface area contributed by atoms with Crippen molar-refractivity contribution in [2.75, 3.05) is 23.3 Å². The lowest BCUT2D eigenvalue weighted by Gasteiger charge is -2.17. The third-order valence-electron chi connectivity index (χ3n) is 4.13. The molecule has 2 aromatic rings. The fourth-order valence-corrected chi connectivity index (χ4v) is 3.54. The number of hydrogen-bond acceptors (Lipinski definition) is 6. The average molecular weight is 346 g/mol. The van der Waals surface area contributed by atoms with E-state index in [1.165, 1.54) is 17.4 Å². The molecule has 1 N–H and O–H groups in total. The van der Waals surface area contributed by atoms with Gasteiger partial charge in [-0.05, 0) is 38.8 Å². The zero-order valence-corrected chi connectivity index (χ0v) is 14.4. The van der Waals surface area contributed by atoms with Gasteiger partial charge in [-0.25, -0.2) is 4.98 Å². The summed E-state index contributed by atoms with van der Waals surface area (Å²) >= 11 is 1.39. The lowest BCUT2D eigenvalue weighted by molar-refractivity contribution is -0.384. The van der Waals surface area contributed by atoms with Gasteiger partial charge in [0.05, 0.1) is 10.6 Å². The number of rotatable bonds is 4. The summed E-state index contributed by atoms with van der Waals surface area (Å²) in [7, 11) is 0. The van der Waals surface area contributed by atoms with Gasteiger partial charge in [0.25, 0.3) is 11.6 Å². The van der Waals surface area contributed by atoms with Crippen LogP contribution in [-0.4, -0.2) is 28.9 Å². The van der Waals surface area contributed by atoms with Crippen LogP contribution in [0.3, 0.4) is 0 Å². The maximum atomic E-state index is 12.4. The van der Waals surface area contributed by atoms with E-state index >= 15 is 0 Å². The number of carbonyl (C=O) groups is 1. The third kappa shape index (κ3) is 3.23. The molecule has 7 nitrogen and oxygen atoms in total. The Morgan fingerprint density at radius 1 is 1.33 bits per heavy atom. The summed E-state index contributed by atoms with van der Waals surface area (Å²) in [6.45, 7) is 5.42. The number of nitro groups is 1. The first-order valence-corrected chi connectivity index (χ1v) is 8.56. The molecule has 0 spiro atoms. The molecular weight excluding hydrogens is 328 g/mol. The number of benzene rings is 1. The van der Waals surface area contributed by atoms with Gasteiger partial charge in [-0.15, -0.1) is 11.3 Å². The van der Waals surface area contributed by atoms with Crippen LogP contribution in [0.15, 0.2) is 18.2 Å². The normalized spacial score (nSPS) is 14.0. The number of nitro benzene ring substituents is 1. The first-order valence-electron chi connectivity index (χ1n) is 7.74. The molecule has 8 heteroatoms. The number of nitrogens with one attached hydrogen (secondary N) is 1. The first kappa shape index (κ1) is 16.4. The zero-order valence-electron chi connectivity index (χ0n) is 13.5. The van der Waals surface area contributed by atoms with Crippen molar-refractivity contribution < 1.29 is 9.72 Å². The number of aryl methyl sites for hydroxylation is 2. The molecule has 24 heavy (non-hydrogen) atoms. The van der Waals surface area contributed by atoms with E-state index in [-0.39, 0.29) is 17.2 Å². The molecule has 1 aliphatic rings. The highest BCUT2D eigenvalue weighted by atomic mass is 32.1. The Morgan fingerprint density at radius 3 is 2.62 bits per heavy atom. The van der Waals surface area contributed by atoms with Crippen molar-refractivity contribution in [1.82, 2.24) is 4.98 Å². The quantitative estimate of drug-likeness (QED) is 0.676. The minimum Gasteiger partial charge on any atom is -0.366 e. The minimum atomic E-state index is -0.428. The number of thiazole rings is 1. The van der Waals surface area contributed by atoms with Crippen LogP contribution in [0.4, 0.5) is 16.5 Å². The van der Waals surface area contributed by atoms with Crippen molar-refractivity contribution in [3.63, 3.8) is 0 Å². The molecule has 0 radical (unpaired) electrons. The smallest absolute Gasteiger partial charge is 0.293 e. The Kier molecular flexibility index (Phi) is 4.48. The molecule has 1 aromatic carbocycles. The number of carbonyl (C=O) groups excluding carboxylic acids is 1. The van der Waals surface area contributed by atoms with Crippen LogP contribution in [0.2, 0.25) is 0 Å². The maximum Gasteiger partial charge on any atom is 0.293 e. The fourth-order valence-electron chi connectivity index (χ4n) is 2.73. The molecule has 1 aliphatic heterocycles. The van der Waals surface area contributed by atoms with Crippen molar-refractivity contribution in [2.24, 2.45) is 0 Å². The molecule has 0 unspecified atom stereocenters. The van der Waals surface area contributed by atoms with Crippen LogP contribution >= 0.6 is 11.3 Å². The lowest BCUT2D eigenvalue weighted by Crippen LogP contribution is -2.19. The van der Waals surface area contributed by atoms with Crippen LogP contribution in [0.25, 0.3) is 0 Å². The summed E-state index contributed by atoms with van der Waals surface area (Å²) in [5.41, 5.74) is 1.67. The Bertz CT molecular complexity index is 777. The van der Waals surface area contributed by atoms with Gasteiger partial charge in [-0.3, -0.25) is 20.2 Å². The molecule has 0 aliphatic carbocycles. The second kappa shape index (κ2) is 6.56. The maximum absolute atomic E-state index is 12.4. The van der Waals surface area contributed by atoms with Crippen molar-refractivity contribution in [3.05, 3.63) is 44.4 Å². The number of amides is 1. The Balaban J connectivity index is 1.86. The number of nitrogens with zero attached hydrogens (tertiary/aromatic N) is 3.